The number of thioether (sulfide) groups is 1. The lowest BCUT2D eigenvalue weighted by molar-refractivity contribution is -0.143. The first-order chi connectivity index (χ1) is 23.7. The van der Waals surface area contributed by atoms with Crippen molar-refractivity contribution >= 4 is 65.0 Å². The summed E-state index contributed by atoms with van der Waals surface area (Å²) in [5.41, 5.74) is 21.5. The quantitative estimate of drug-likeness (QED) is 0.0426. The molecule has 0 rings (SSSR count). The third-order valence-corrected chi connectivity index (χ3v) is 8.12. The van der Waals surface area contributed by atoms with Gasteiger partial charge in [0.2, 0.25) is 47.3 Å². The van der Waals surface area contributed by atoms with E-state index in [1.165, 1.54) is 11.8 Å². The smallest absolute Gasteiger partial charge is 0.326 e. The van der Waals surface area contributed by atoms with Crippen molar-refractivity contribution in [2.75, 3.05) is 12.0 Å². The molecule has 0 aliphatic heterocycles. The molecule has 0 aromatic rings. The minimum absolute atomic E-state index is 0.0400. The fraction of sp³-hybridized carbons (Fsp3) is 0.710. The Morgan fingerprint density at radius 1 is 0.569 bits per heavy atom. The van der Waals surface area contributed by atoms with E-state index in [1.807, 2.05) is 0 Å². The van der Waals surface area contributed by atoms with Gasteiger partial charge in [0.15, 0.2) is 0 Å². The van der Waals surface area contributed by atoms with Gasteiger partial charge in [-0.25, -0.2) is 4.79 Å². The van der Waals surface area contributed by atoms with Gasteiger partial charge in [-0.15, -0.1) is 0 Å². The summed E-state index contributed by atoms with van der Waals surface area (Å²) in [4.78, 5) is 112. The molecule has 0 bridgehead atoms. The van der Waals surface area contributed by atoms with Crippen LogP contribution in [0.4, 0.5) is 0 Å². The van der Waals surface area contributed by atoms with E-state index < -0.39 is 95.4 Å². The van der Waals surface area contributed by atoms with Gasteiger partial charge in [-0.3, -0.25) is 38.4 Å². The van der Waals surface area contributed by atoms with Gasteiger partial charge in [-0.2, -0.15) is 11.8 Å². The molecule has 14 N–H and O–H groups in total. The van der Waals surface area contributed by atoms with Crippen LogP contribution in [0.2, 0.25) is 0 Å². The number of hydrogen-bond acceptors (Lipinski definition) is 11. The van der Waals surface area contributed by atoms with E-state index in [9.17, 15) is 48.3 Å². The Morgan fingerprint density at radius 3 is 1.33 bits per heavy atom. The van der Waals surface area contributed by atoms with Gasteiger partial charge in [0.1, 0.15) is 30.2 Å². The molecule has 0 fully saturated rings. The molecule has 19 nitrogen and oxygen atoms in total. The van der Waals surface area contributed by atoms with Crippen molar-refractivity contribution in [1.29, 1.82) is 0 Å². The normalized spacial score (nSPS) is 14.6. The summed E-state index contributed by atoms with van der Waals surface area (Å²) < 4.78 is 0. The number of amides is 8. The Labute approximate surface area is 301 Å². The number of carbonyl (C=O) groups excluding carboxylic acids is 8. The molecule has 6 atom stereocenters. The van der Waals surface area contributed by atoms with Crippen molar-refractivity contribution in [3.05, 3.63) is 0 Å². The van der Waals surface area contributed by atoms with Crippen LogP contribution in [0.5, 0.6) is 0 Å². The van der Waals surface area contributed by atoms with Gasteiger partial charge in [-0.05, 0) is 55.9 Å². The van der Waals surface area contributed by atoms with Crippen LogP contribution in [0.3, 0.4) is 0 Å². The third kappa shape index (κ3) is 19.5. The number of carboxylic acid groups (broad SMARTS) is 1. The molecule has 0 radical (unpaired) electrons. The van der Waals surface area contributed by atoms with Crippen LogP contribution in [0.25, 0.3) is 0 Å². The van der Waals surface area contributed by atoms with Crippen molar-refractivity contribution in [2.45, 2.75) is 115 Å². The first-order valence-corrected chi connectivity index (χ1v) is 17.9. The van der Waals surface area contributed by atoms with Crippen molar-refractivity contribution in [3.63, 3.8) is 0 Å². The predicted octanol–water partition coefficient (Wildman–Crippen LogP) is -2.93. The molecule has 0 heterocycles. The highest BCUT2D eigenvalue weighted by atomic mass is 32.2. The fourth-order valence-corrected chi connectivity index (χ4v) is 5.08. The van der Waals surface area contributed by atoms with E-state index in [2.05, 4.69) is 26.6 Å². The van der Waals surface area contributed by atoms with E-state index in [-0.39, 0.29) is 57.3 Å². The maximum absolute atomic E-state index is 13.6. The lowest BCUT2D eigenvalue weighted by Crippen LogP contribution is -2.60. The lowest BCUT2D eigenvalue weighted by atomic mass is 10.0. The SMILES string of the molecule is CSCC[C@H](NC(=O)[C@H](CCC(N)=O)NC(=O)[C@@H](NC(=O)[C@@H](N)CCC(N)=O)C(C)C)C(=O)N[C@@H](CCC(N)=O)C(=O)N[C@@H](CC(C)C)C(=O)O. The Bertz CT molecular complexity index is 1250. The highest BCUT2D eigenvalue weighted by molar-refractivity contribution is 7.98. The maximum atomic E-state index is 13.6. The van der Waals surface area contributed by atoms with Gasteiger partial charge in [0.05, 0.1) is 6.04 Å². The molecule has 51 heavy (non-hydrogen) atoms. The number of carbonyl (C=O) groups is 9. The second-order valence-corrected chi connectivity index (χ2v) is 13.8. The minimum Gasteiger partial charge on any atom is -0.480 e. The van der Waals surface area contributed by atoms with E-state index in [0.717, 1.165) is 0 Å². The highest BCUT2D eigenvalue weighted by Crippen LogP contribution is 2.10. The average molecular weight is 746 g/mol. The number of aliphatic carboxylic acids is 1. The molecule has 0 saturated carbocycles. The summed E-state index contributed by atoms with van der Waals surface area (Å²) in [7, 11) is 0. The van der Waals surface area contributed by atoms with Crippen molar-refractivity contribution in [3.8, 4) is 0 Å². The molecule has 0 aliphatic carbocycles. The second kappa shape index (κ2) is 23.9. The van der Waals surface area contributed by atoms with Gasteiger partial charge in [-0.1, -0.05) is 27.7 Å². The zero-order valence-corrected chi connectivity index (χ0v) is 30.6. The number of rotatable bonds is 26. The summed E-state index contributed by atoms with van der Waals surface area (Å²) in [6, 6.07) is -7.75. The predicted molar refractivity (Wildman–Crippen MR) is 188 cm³/mol. The van der Waals surface area contributed by atoms with Crippen LogP contribution in [0, 0.1) is 11.8 Å². The van der Waals surface area contributed by atoms with E-state index >= 15 is 0 Å². The largest absolute Gasteiger partial charge is 0.480 e. The number of nitrogens with one attached hydrogen (secondary N) is 5. The fourth-order valence-electron chi connectivity index (χ4n) is 4.61. The number of primary amides is 3. The van der Waals surface area contributed by atoms with Gasteiger partial charge in [0, 0.05) is 19.3 Å². The Kier molecular flexibility index (Phi) is 21.8. The summed E-state index contributed by atoms with van der Waals surface area (Å²) in [5.74, 6) is -7.96. The molecule has 0 aromatic carbocycles. The maximum Gasteiger partial charge on any atom is 0.326 e. The highest BCUT2D eigenvalue weighted by Gasteiger charge is 2.34. The average Bonchev–Trinajstić information content (AvgIpc) is 3.02. The summed E-state index contributed by atoms with van der Waals surface area (Å²) in [6.07, 6.45) is 0.429. The van der Waals surface area contributed by atoms with Crippen LogP contribution in [-0.2, 0) is 43.2 Å². The zero-order valence-electron chi connectivity index (χ0n) is 29.8. The van der Waals surface area contributed by atoms with Gasteiger partial charge >= 0.3 is 5.97 Å². The lowest BCUT2D eigenvalue weighted by Gasteiger charge is -2.28. The van der Waals surface area contributed by atoms with E-state index in [4.69, 9.17) is 22.9 Å². The number of nitrogens with two attached hydrogens (primary N) is 4. The van der Waals surface area contributed by atoms with E-state index in [0.29, 0.717) is 5.75 Å². The Morgan fingerprint density at radius 2 is 0.961 bits per heavy atom. The van der Waals surface area contributed by atoms with Crippen LogP contribution in [0.15, 0.2) is 0 Å². The first-order valence-electron chi connectivity index (χ1n) is 16.5. The molecule has 0 aromatic heterocycles. The molecule has 8 amide bonds. The first kappa shape index (κ1) is 46.5. The zero-order chi connectivity index (χ0) is 39.4. The van der Waals surface area contributed by atoms with Crippen LogP contribution in [0.1, 0.15) is 79.1 Å². The topological polar surface area (TPSA) is 338 Å². The monoisotopic (exact) mass is 745 g/mol. The van der Waals surface area contributed by atoms with Crippen molar-refractivity contribution in [2.24, 2.45) is 34.8 Å². The molecule has 0 saturated heterocycles. The van der Waals surface area contributed by atoms with Gasteiger partial charge in [0.25, 0.3) is 0 Å². The molecule has 290 valence electrons. The minimum atomic E-state index is -1.42. The number of carboxylic acids is 1. The Hall–Kier alpha value is -4.46. The molecular formula is C31H55N9O10S. The second-order valence-electron chi connectivity index (χ2n) is 12.8. The van der Waals surface area contributed by atoms with Gasteiger partial charge < -0.3 is 54.6 Å². The van der Waals surface area contributed by atoms with Crippen LogP contribution in [-0.4, -0.2) is 107 Å². The summed E-state index contributed by atoms with van der Waals surface area (Å²) >= 11 is 1.34. The Balaban J connectivity index is 6.18. The van der Waals surface area contributed by atoms with Crippen LogP contribution >= 0.6 is 11.8 Å². The molecule has 0 unspecified atom stereocenters. The third-order valence-electron chi connectivity index (χ3n) is 7.48. The van der Waals surface area contributed by atoms with Crippen molar-refractivity contribution < 1.29 is 48.3 Å². The summed E-state index contributed by atoms with van der Waals surface area (Å²) in [6.45, 7) is 6.76. The van der Waals surface area contributed by atoms with Crippen LogP contribution < -0.4 is 49.5 Å². The molecular weight excluding hydrogens is 690 g/mol. The van der Waals surface area contributed by atoms with E-state index in [1.54, 1.807) is 34.0 Å². The standard InChI is InChI=1S/C31H55N9O10S/c1-15(2)14-21(31(49)50)39-28(46)18(7-10-23(34)42)36-29(47)20(12-13-51-5)37-27(45)19(8-11-24(35)43)38-30(48)25(16(3)4)40-26(44)17(32)6-9-22(33)41/h15-21,25H,6-14,32H2,1-5H3,(H2,33,41)(H2,34,42)(H2,35,43)(H,36,47)(H,37,45)(H,38,48)(H,39,46)(H,40,44)(H,49,50)/t17-,18-,19-,20-,21-,25-/m0/s1. The molecule has 0 aliphatic rings. The molecule has 20 heteroatoms. The molecule has 0 spiro atoms. The summed E-state index contributed by atoms with van der Waals surface area (Å²) in [5, 5.41) is 21.9. The van der Waals surface area contributed by atoms with Crippen molar-refractivity contribution in [1.82, 2.24) is 26.6 Å². The number of hydrogen-bond donors (Lipinski definition) is 10.